The van der Waals surface area contributed by atoms with Gasteiger partial charge in [-0.2, -0.15) is 0 Å². The molecule has 0 unspecified atom stereocenters. The first-order valence-electron chi connectivity index (χ1n) is 3.82. The van der Waals surface area contributed by atoms with Crippen LogP contribution in [0.5, 0.6) is 11.5 Å². The van der Waals surface area contributed by atoms with Gasteiger partial charge in [-0.3, -0.25) is 0 Å². The molecule has 11 heavy (non-hydrogen) atoms. The van der Waals surface area contributed by atoms with E-state index in [1.165, 1.54) is 0 Å². The second-order valence-electron chi connectivity index (χ2n) is 2.91. The molecule has 1 aliphatic rings. The Morgan fingerprint density at radius 2 is 1.36 bits per heavy atom. The van der Waals surface area contributed by atoms with E-state index in [0.717, 1.165) is 30.4 Å². The lowest BCUT2D eigenvalue weighted by molar-refractivity contribution is 0.453. The molecule has 1 aliphatic carbocycles. The summed E-state index contributed by atoms with van der Waals surface area (Å²) < 4.78 is 0. The minimum atomic E-state index is 0.329. The van der Waals surface area contributed by atoms with Crippen molar-refractivity contribution < 1.29 is 10.2 Å². The van der Waals surface area contributed by atoms with Crippen LogP contribution in [0.15, 0.2) is 12.1 Å². The Labute approximate surface area is 65.1 Å². The first-order chi connectivity index (χ1) is 5.29. The molecule has 0 bridgehead atoms. The normalized spacial score (nSPS) is 14.9. The van der Waals surface area contributed by atoms with E-state index in [9.17, 15) is 10.2 Å². The van der Waals surface area contributed by atoms with Crippen molar-refractivity contribution in [2.45, 2.75) is 19.3 Å². The number of phenolic OH excluding ortho intramolecular Hbond substituents is 2. The highest BCUT2D eigenvalue weighted by Crippen LogP contribution is 2.35. The molecule has 58 valence electrons. The van der Waals surface area contributed by atoms with Crippen LogP contribution in [-0.4, -0.2) is 10.2 Å². The zero-order chi connectivity index (χ0) is 7.84. The number of hydrogen-bond donors (Lipinski definition) is 2. The summed E-state index contributed by atoms with van der Waals surface area (Å²) in [5.74, 6) is 0.658. The van der Waals surface area contributed by atoms with E-state index in [1.807, 2.05) is 0 Å². The highest BCUT2D eigenvalue weighted by molar-refractivity contribution is 5.49. The van der Waals surface area contributed by atoms with Crippen LogP contribution in [0.4, 0.5) is 0 Å². The van der Waals surface area contributed by atoms with Gasteiger partial charge in [0.25, 0.3) is 0 Å². The summed E-state index contributed by atoms with van der Waals surface area (Å²) in [4.78, 5) is 0. The Morgan fingerprint density at radius 1 is 0.909 bits per heavy atom. The third-order valence-corrected chi connectivity index (χ3v) is 2.24. The molecule has 0 radical (unpaired) electrons. The minimum Gasteiger partial charge on any atom is -0.508 e. The van der Waals surface area contributed by atoms with Crippen LogP contribution in [-0.2, 0) is 12.8 Å². The van der Waals surface area contributed by atoms with E-state index in [1.54, 1.807) is 12.1 Å². The van der Waals surface area contributed by atoms with Crippen LogP contribution >= 0.6 is 0 Å². The molecule has 0 heterocycles. The zero-order valence-corrected chi connectivity index (χ0v) is 6.17. The summed E-state index contributed by atoms with van der Waals surface area (Å²) in [7, 11) is 0. The highest BCUT2D eigenvalue weighted by atomic mass is 16.3. The Hall–Kier alpha value is -1.18. The summed E-state index contributed by atoms with van der Waals surface area (Å²) in [5.41, 5.74) is 1.87. The van der Waals surface area contributed by atoms with Crippen molar-refractivity contribution >= 4 is 0 Å². The molecule has 1 aromatic rings. The molecule has 0 aliphatic heterocycles. The lowest BCUT2D eigenvalue weighted by Crippen LogP contribution is -1.82. The zero-order valence-electron chi connectivity index (χ0n) is 6.17. The van der Waals surface area contributed by atoms with Crippen LogP contribution in [0, 0.1) is 0 Å². The van der Waals surface area contributed by atoms with E-state index < -0.39 is 0 Å². The largest absolute Gasteiger partial charge is 0.508 e. The molecule has 0 amide bonds. The first kappa shape index (κ1) is 6.53. The van der Waals surface area contributed by atoms with Gasteiger partial charge >= 0.3 is 0 Å². The van der Waals surface area contributed by atoms with Gasteiger partial charge in [0.15, 0.2) is 0 Å². The second-order valence-corrected chi connectivity index (χ2v) is 2.91. The van der Waals surface area contributed by atoms with Gasteiger partial charge in [-0.1, -0.05) is 0 Å². The quantitative estimate of drug-likeness (QED) is 0.551. The Kier molecular flexibility index (Phi) is 1.28. The fraction of sp³-hybridized carbons (Fsp3) is 0.333. The Balaban J connectivity index is 2.64. The van der Waals surface area contributed by atoms with E-state index in [2.05, 4.69) is 0 Å². The van der Waals surface area contributed by atoms with Gasteiger partial charge in [0.2, 0.25) is 0 Å². The molecule has 0 aromatic heterocycles. The predicted molar refractivity (Wildman–Crippen MR) is 41.8 cm³/mol. The van der Waals surface area contributed by atoms with Gasteiger partial charge in [0, 0.05) is 11.1 Å². The van der Waals surface area contributed by atoms with Gasteiger partial charge in [0.05, 0.1) is 0 Å². The van der Waals surface area contributed by atoms with Crippen molar-refractivity contribution in [1.29, 1.82) is 0 Å². The predicted octanol–water partition coefficient (Wildman–Crippen LogP) is 1.59. The van der Waals surface area contributed by atoms with E-state index in [4.69, 9.17) is 0 Å². The molecule has 2 heteroatoms. The molecule has 0 fully saturated rings. The van der Waals surface area contributed by atoms with Crippen LogP contribution in [0.25, 0.3) is 0 Å². The number of fused-ring (bicyclic) bond motifs is 1. The highest BCUT2D eigenvalue weighted by Gasteiger charge is 2.17. The summed E-state index contributed by atoms with van der Waals surface area (Å²) in [6.07, 6.45) is 2.84. The topological polar surface area (TPSA) is 40.5 Å². The molecular weight excluding hydrogens is 140 g/mol. The Bertz CT molecular complexity index is 263. The average molecular weight is 150 g/mol. The number of benzene rings is 1. The molecule has 0 atom stereocenters. The first-order valence-corrected chi connectivity index (χ1v) is 3.82. The monoisotopic (exact) mass is 150 g/mol. The van der Waals surface area contributed by atoms with Gasteiger partial charge < -0.3 is 10.2 Å². The summed E-state index contributed by atoms with van der Waals surface area (Å²) in [5, 5.41) is 18.7. The molecule has 0 saturated carbocycles. The third-order valence-electron chi connectivity index (χ3n) is 2.24. The molecule has 0 saturated heterocycles. The molecule has 2 N–H and O–H groups in total. The fourth-order valence-electron chi connectivity index (χ4n) is 1.67. The van der Waals surface area contributed by atoms with Gasteiger partial charge in [0.1, 0.15) is 11.5 Å². The van der Waals surface area contributed by atoms with Crippen LogP contribution in [0.3, 0.4) is 0 Å². The molecule has 0 spiro atoms. The van der Waals surface area contributed by atoms with Crippen LogP contribution in [0.1, 0.15) is 17.5 Å². The Morgan fingerprint density at radius 3 is 1.82 bits per heavy atom. The fourth-order valence-corrected chi connectivity index (χ4v) is 1.67. The SMILES string of the molecule is Oc1ccc(O)c2c1CCC2. The van der Waals surface area contributed by atoms with Crippen LogP contribution < -0.4 is 0 Å². The molecule has 2 nitrogen and oxygen atoms in total. The minimum absolute atomic E-state index is 0.329. The molecule has 2 rings (SSSR count). The van der Waals surface area contributed by atoms with Crippen molar-refractivity contribution in [2.24, 2.45) is 0 Å². The smallest absolute Gasteiger partial charge is 0.119 e. The van der Waals surface area contributed by atoms with Crippen molar-refractivity contribution in [3.63, 3.8) is 0 Å². The molecule has 1 aromatic carbocycles. The van der Waals surface area contributed by atoms with Crippen molar-refractivity contribution in [3.05, 3.63) is 23.3 Å². The maximum Gasteiger partial charge on any atom is 0.119 e. The van der Waals surface area contributed by atoms with E-state index in [-0.39, 0.29) is 0 Å². The number of aromatic hydroxyl groups is 2. The average Bonchev–Trinajstić information content (AvgIpc) is 2.45. The van der Waals surface area contributed by atoms with Crippen molar-refractivity contribution in [3.8, 4) is 11.5 Å². The number of hydrogen-bond acceptors (Lipinski definition) is 2. The van der Waals surface area contributed by atoms with E-state index >= 15 is 0 Å². The summed E-state index contributed by atoms with van der Waals surface area (Å²) in [6.45, 7) is 0. The standard InChI is InChI=1S/C9H10O2/c10-8-4-5-9(11)7-3-1-2-6(7)8/h4-5,10-11H,1-3H2. The van der Waals surface area contributed by atoms with Crippen LogP contribution in [0.2, 0.25) is 0 Å². The maximum absolute atomic E-state index is 9.34. The molecular formula is C9H10O2. The van der Waals surface area contributed by atoms with Crippen molar-refractivity contribution in [1.82, 2.24) is 0 Å². The van der Waals surface area contributed by atoms with Gasteiger partial charge in [-0.25, -0.2) is 0 Å². The van der Waals surface area contributed by atoms with Crippen molar-refractivity contribution in [2.75, 3.05) is 0 Å². The lowest BCUT2D eigenvalue weighted by atomic mass is 10.1. The second kappa shape index (κ2) is 2.16. The number of phenols is 2. The third kappa shape index (κ3) is 0.862. The van der Waals surface area contributed by atoms with Gasteiger partial charge in [-0.15, -0.1) is 0 Å². The summed E-state index contributed by atoms with van der Waals surface area (Å²) in [6, 6.07) is 3.11. The summed E-state index contributed by atoms with van der Waals surface area (Å²) >= 11 is 0. The number of rotatable bonds is 0. The maximum atomic E-state index is 9.34. The lowest BCUT2D eigenvalue weighted by Gasteiger charge is -2.03. The van der Waals surface area contributed by atoms with E-state index in [0.29, 0.717) is 11.5 Å². The van der Waals surface area contributed by atoms with Gasteiger partial charge in [-0.05, 0) is 31.4 Å².